The average molecular weight is 487 g/mol. The number of aromatic amines is 1. The van der Waals surface area contributed by atoms with Crippen LogP contribution in [-0.2, 0) is 9.59 Å². The molecule has 0 saturated heterocycles. The van der Waals surface area contributed by atoms with E-state index in [9.17, 15) is 14.0 Å². The van der Waals surface area contributed by atoms with E-state index in [1.807, 2.05) is 0 Å². The molecule has 3 N–H and O–H groups in total. The first-order valence-corrected chi connectivity index (χ1v) is 11.2. The highest BCUT2D eigenvalue weighted by atomic mass is 35.5. The van der Waals surface area contributed by atoms with Crippen LogP contribution < -0.4 is 10.6 Å². The maximum absolute atomic E-state index is 15.5. The first kappa shape index (κ1) is 22.3. The molecule has 3 atom stereocenters. The molecule has 8 nitrogen and oxygen atoms in total. The van der Waals surface area contributed by atoms with Crippen LogP contribution in [0.3, 0.4) is 0 Å². The topological polar surface area (TPSA) is 104 Å². The SMILES string of the molecule is CCNC(=O)C(C)c1c(F)c(Cl)c(-c2ccc3nc(NC(=O)[C@@H]4C[C@@H]4F)cn3c2)c2cn[nH]c12. The molecule has 1 aliphatic rings. The number of rotatable bonds is 6. The zero-order valence-electron chi connectivity index (χ0n) is 18.3. The number of likely N-dealkylation sites (N-methyl/N-ethyl adjacent to an activating group) is 1. The first-order valence-electron chi connectivity index (χ1n) is 10.9. The maximum atomic E-state index is 15.5. The van der Waals surface area contributed by atoms with Gasteiger partial charge in [-0.3, -0.25) is 14.7 Å². The molecule has 5 rings (SSSR count). The molecule has 0 spiro atoms. The molecule has 1 saturated carbocycles. The fourth-order valence-corrected chi connectivity index (χ4v) is 4.45. The van der Waals surface area contributed by atoms with Gasteiger partial charge in [0.05, 0.1) is 34.8 Å². The minimum absolute atomic E-state index is 0.129. The molecule has 34 heavy (non-hydrogen) atoms. The number of benzene rings is 1. The molecule has 176 valence electrons. The van der Waals surface area contributed by atoms with Crippen LogP contribution >= 0.6 is 11.6 Å². The van der Waals surface area contributed by atoms with Crippen molar-refractivity contribution in [3.63, 3.8) is 0 Å². The summed E-state index contributed by atoms with van der Waals surface area (Å²) in [6.45, 7) is 3.82. The second-order valence-electron chi connectivity index (χ2n) is 8.35. The van der Waals surface area contributed by atoms with E-state index < -0.39 is 29.7 Å². The Hall–Kier alpha value is -3.53. The molecular weight excluding hydrogens is 466 g/mol. The molecule has 1 aromatic carbocycles. The van der Waals surface area contributed by atoms with Crippen LogP contribution in [0.5, 0.6) is 0 Å². The molecule has 0 radical (unpaired) electrons. The van der Waals surface area contributed by atoms with Gasteiger partial charge >= 0.3 is 0 Å². The van der Waals surface area contributed by atoms with Crippen molar-refractivity contribution >= 4 is 45.8 Å². The van der Waals surface area contributed by atoms with Gasteiger partial charge in [0.1, 0.15) is 17.6 Å². The molecule has 4 aromatic rings. The van der Waals surface area contributed by atoms with Crippen LogP contribution in [-0.4, -0.2) is 44.1 Å². The molecule has 2 amide bonds. The van der Waals surface area contributed by atoms with Gasteiger partial charge in [0.2, 0.25) is 11.8 Å². The summed E-state index contributed by atoms with van der Waals surface area (Å²) in [6, 6.07) is 3.43. The molecule has 1 fully saturated rings. The highest BCUT2D eigenvalue weighted by Crippen LogP contribution is 2.41. The molecular formula is C23H21ClF2N6O2. The van der Waals surface area contributed by atoms with Crippen molar-refractivity contribution in [3.05, 3.63) is 47.1 Å². The monoisotopic (exact) mass is 486 g/mol. The predicted octanol–water partition coefficient (Wildman–Crippen LogP) is 4.21. The third-order valence-electron chi connectivity index (χ3n) is 6.04. The third kappa shape index (κ3) is 3.67. The summed E-state index contributed by atoms with van der Waals surface area (Å²) in [5.41, 5.74) is 2.07. The number of pyridine rings is 1. The highest BCUT2D eigenvalue weighted by molar-refractivity contribution is 6.35. The van der Waals surface area contributed by atoms with Gasteiger partial charge in [0, 0.05) is 34.8 Å². The number of nitrogens with zero attached hydrogens (tertiary/aromatic N) is 3. The van der Waals surface area contributed by atoms with Crippen LogP contribution in [0.1, 0.15) is 31.7 Å². The smallest absolute Gasteiger partial charge is 0.231 e. The molecule has 0 bridgehead atoms. The number of anilines is 1. The standard InChI is InChI=1S/C23H21ClF2N6O2/c1-3-27-22(33)10(2)17-20(26)19(24)18(13-7-28-31-21(13)17)11-4-5-16-29-15(9-32(16)8-11)30-23(34)12-6-14(12)25/h4-5,7-10,12,14H,3,6H2,1-2H3,(H,27,33)(H,28,31)(H,30,34)/t10?,12-,14+/m1/s1. The van der Waals surface area contributed by atoms with E-state index >= 15 is 4.39 Å². The van der Waals surface area contributed by atoms with E-state index in [0.29, 0.717) is 34.2 Å². The number of carbonyl (C=O) groups excluding carboxylic acids is 2. The number of aromatic nitrogens is 4. The lowest BCUT2D eigenvalue weighted by Gasteiger charge is -2.17. The summed E-state index contributed by atoms with van der Waals surface area (Å²) in [5.74, 6) is -2.54. The number of amides is 2. The zero-order chi connectivity index (χ0) is 24.1. The third-order valence-corrected chi connectivity index (χ3v) is 6.40. The number of H-pyrrole nitrogens is 1. The van der Waals surface area contributed by atoms with Crippen LogP contribution in [0.4, 0.5) is 14.6 Å². The Labute approximate surface area is 197 Å². The summed E-state index contributed by atoms with van der Waals surface area (Å²) in [6.07, 6.45) is 3.96. The Morgan fingerprint density at radius 2 is 2.12 bits per heavy atom. The van der Waals surface area contributed by atoms with Crippen molar-refractivity contribution in [2.45, 2.75) is 32.4 Å². The predicted molar refractivity (Wildman–Crippen MR) is 124 cm³/mol. The van der Waals surface area contributed by atoms with Crippen molar-refractivity contribution in [3.8, 4) is 11.1 Å². The Balaban J connectivity index is 1.56. The van der Waals surface area contributed by atoms with Gasteiger partial charge < -0.3 is 15.0 Å². The lowest BCUT2D eigenvalue weighted by Crippen LogP contribution is -2.28. The Morgan fingerprint density at radius 3 is 2.82 bits per heavy atom. The molecule has 3 aromatic heterocycles. The lowest BCUT2D eigenvalue weighted by atomic mass is 9.93. The van der Waals surface area contributed by atoms with Crippen LogP contribution in [0.25, 0.3) is 27.7 Å². The molecule has 11 heteroatoms. The first-order chi connectivity index (χ1) is 16.3. The number of nitrogens with one attached hydrogen (secondary N) is 3. The number of imidazole rings is 1. The van der Waals surface area contributed by atoms with Crippen molar-refractivity contribution in [1.29, 1.82) is 0 Å². The summed E-state index contributed by atoms with van der Waals surface area (Å²) in [7, 11) is 0. The summed E-state index contributed by atoms with van der Waals surface area (Å²) in [5, 5.41) is 12.6. The summed E-state index contributed by atoms with van der Waals surface area (Å²) in [4.78, 5) is 28.8. The van der Waals surface area contributed by atoms with Gasteiger partial charge in [0.25, 0.3) is 0 Å². The number of halogens is 3. The van der Waals surface area contributed by atoms with E-state index in [1.54, 1.807) is 42.8 Å². The second kappa shape index (κ2) is 8.35. The van der Waals surface area contributed by atoms with E-state index in [0.717, 1.165) is 0 Å². The minimum Gasteiger partial charge on any atom is -0.356 e. The van der Waals surface area contributed by atoms with Crippen molar-refractivity contribution in [1.82, 2.24) is 24.9 Å². The van der Waals surface area contributed by atoms with Crippen molar-refractivity contribution < 1.29 is 18.4 Å². The van der Waals surface area contributed by atoms with Gasteiger partial charge in [-0.2, -0.15) is 5.10 Å². The van der Waals surface area contributed by atoms with E-state index in [-0.39, 0.29) is 28.7 Å². The van der Waals surface area contributed by atoms with Gasteiger partial charge in [-0.15, -0.1) is 0 Å². The van der Waals surface area contributed by atoms with Crippen molar-refractivity contribution in [2.24, 2.45) is 5.92 Å². The maximum Gasteiger partial charge on any atom is 0.231 e. The largest absolute Gasteiger partial charge is 0.356 e. The van der Waals surface area contributed by atoms with E-state index in [2.05, 4.69) is 25.8 Å². The van der Waals surface area contributed by atoms with E-state index in [1.165, 1.54) is 6.20 Å². The number of fused-ring (bicyclic) bond motifs is 2. The van der Waals surface area contributed by atoms with Gasteiger partial charge in [0.15, 0.2) is 5.82 Å². The molecule has 1 unspecified atom stereocenters. The second-order valence-corrected chi connectivity index (χ2v) is 8.73. The molecule has 3 heterocycles. The molecule has 0 aliphatic heterocycles. The Kier molecular flexibility index (Phi) is 5.47. The number of carbonyl (C=O) groups is 2. The van der Waals surface area contributed by atoms with Crippen LogP contribution in [0, 0.1) is 11.7 Å². The van der Waals surface area contributed by atoms with Gasteiger partial charge in [-0.05, 0) is 32.4 Å². The zero-order valence-corrected chi connectivity index (χ0v) is 19.1. The summed E-state index contributed by atoms with van der Waals surface area (Å²) >= 11 is 6.51. The average Bonchev–Trinajstić information content (AvgIpc) is 3.17. The number of hydrogen-bond donors (Lipinski definition) is 3. The Morgan fingerprint density at radius 1 is 1.35 bits per heavy atom. The van der Waals surface area contributed by atoms with E-state index in [4.69, 9.17) is 11.6 Å². The number of hydrogen-bond acceptors (Lipinski definition) is 4. The normalized spacial score (nSPS) is 18.3. The fraction of sp³-hybridized carbons (Fsp3) is 0.304. The Bertz CT molecular complexity index is 1450. The molecule has 1 aliphatic carbocycles. The quantitative estimate of drug-likeness (QED) is 0.380. The van der Waals surface area contributed by atoms with Crippen molar-refractivity contribution in [2.75, 3.05) is 11.9 Å². The van der Waals surface area contributed by atoms with Gasteiger partial charge in [-0.1, -0.05) is 11.6 Å². The van der Waals surface area contributed by atoms with Gasteiger partial charge in [-0.25, -0.2) is 13.8 Å². The fourth-order valence-electron chi connectivity index (χ4n) is 4.14. The number of alkyl halides is 1. The highest BCUT2D eigenvalue weighted by Gasteiger charge is 2.43. The summed E-state index contributed by atoms with van der Waals surface area (Å²) < 4.78 is 30.3. The van der Waals surface area contributed by atoms with Crippen LogP contribution in [0.2, 0.25) is 5.02 Å². The minimum atomic E-state index is -1.10. The lowest BCUT2D eigenvalue weighted by molar-refractivity contribution is -0.122. The van der Waals surface area contributed by atoms with Crippen LogP contribution in [0.15, 0.2) is 30.7 Å².